The van der Waals surface area contributed by atoms with Crippen molar-refractivity contribution in [1.82, 2.24) is 0 Å². The van der Waals surface area contributed by atoms with Crippen LogP contribution in [0.4, 0.5) is 13.2 Å². The van der Waals surface area contributed by atoms with Gasteiger partial charge < -0.3 is 4.74 Å². The molecule has 1 saturated carbocycles. The highest BCUT2D eigenvalue weighted by molar-refractivity contribution is 5.36. The molecule has 2 nitrogen and oxygen atoms in total. The van der Waals surface area contributed by atoms with Crippen molar-refractivity contribution in [2.75, 3.05) is 0 Å². The third-order valence-electron chi connectivity index (χ3n) is 5.12. The van der Waals surface area contributed by atoms with Gasteiger partial charge in [-0.15, -0.1) is 0 Å². The minimum absolute atomic E-state index is 0.188. The van der Waals surface area contributed by atoms with E-state index in [1.165, 1.54) is 12.5 Å². The van der Waals surface area contributed by atoms with Crippen molar-refractivity contribution in [3.63, 3.8) is 0 Å². The molecule has 0 atom stereocenters. The first-order valence-corrected chi connectivity index (χ1v) is 9.31. The van der Waals surface area contributed by atoms with Crippen molar-refractivity contribution in [3.8, 4) is 11.8 Å². The van der Waals surface area contributed by atoms with E-state index in [0.29, 0.717) is 18.3 Å². The Kier molecular flexibility index (Phi) is 7.56. The van der Waals surface area contributed by atoms with Gasteiger partial charge in [0.2, 0.25) is 0 Å². The van der Waals surface area contributed by atoms with Gasteiger partial charge in [-0.3, -0.25) is 0 Å². The number of nitriles is 1. The van der Waals surface area contributed by atoms with Crippen LogP contribution in [-0.2, 0) is 0 Å². The van der Waals surface area contributed by atoms with Gasteiger partial charge in [0, 0.05) is 6.07 Å². The van der Waals surface area contributed by atoms with Crippen molar-refractivity contribution < 1.29 is 17.9 Å². The molecule has 1 aliphatic carbocycles. The normalized spacial score (nSPS) is 20.9. The second kappa shape index (κ2) is 9.66. The Morgan fingerprint density at radius 1 is 1.19 bits per heavy atom. The summed E-state index contributed by atoms with van der Waals surface area (Å²) in [5.41, 5.74) is -0.188. The van der Waals surface area contributed by atoms with E-state index in [-0.39, 0.29) is 17.7 Å². The number of hydrogen-bond acceptors (Lipinski definition) is 2. The lowest BCUT2D eigenvalue weighted by Gasteiger charge is -2.29. The summed E-state index contributed by atoms with van der Waals surface area (Å²) in [4.78, 5) is 0. The fraction of sp³-hybridized carbons (Fsp3) is 0.571. The molecule has 0 unspecified atom stereocenters. The number of allylic oxidation sites excluding steroid dienone is 2. The highest BCUT2D eigenvalue weighted by Crippen LogP contribution is 2.36. The Labute approximate surface area is 153 Å². The fourth-order valence-electron chi connectivity index (χ4n) is 3.55. The molecule has 1 fully saturated rings. The molecule has 1 aromatic rings. The summed E-state index contributed by atoms with van der Waals surface area (Å²) in [6.45, 7) is 2.02. The monoisotopic (exact) mass is 365 g/mol. The van der Waals surface area contributed by atoms with Crippen LogP contribution in [0.3, 0.4) is 0 Å². The second-order valence-electron chi connectivity index (χ2n) is 7.06. The summed E-state index contributed by atoms with van der Waals surface area (Å²) >= 11 is 0. The van der Waals surface area contributed by atoms with E-state index in [0.717, 1.165) is 44.2 Å². The Morgan fingerprint density at radius 2 is 1.85 bits per heavy atom. The van der Waals surface area contributed by atoms with Crippen molar-refractivity contribution in [1.29, 1.82) is 5.26 Å². The molecule has 0 saturated heterocycles. The van der Waals surface area contributed by atoms with Gasteiger partial charge in [0.15, 0.2) is 0 Å². The lowest BCUT2D eigenvalue weighted by Crippen LogP contribution is -2.26. The molecule has 26 heavy (non-hydrogen) atoms. The summed E-state index contributed by atoms with van der Waals surface area (Å²) in [6, 6.07) is 4.84. The first-order chi connectivity index (χ1) is 12.4. The molecule has 142 valence electrons. The van der Waals surface area contributed by atoms with Gasteiger partial charge in [-0.2, -0.15) is 14.0 Å². The van der Waals surface area contributed by atoms with Crippen LogP contribution in [0.25, 0.3) is 0 Å². The standard InChI is InChI=1S/C21H26F3NO/c1-2-3-4-5-16-6-8-17(9-7-16)12-13-21(23,24)26-19-11-10-18(15-25)20(22)14-19/h2-3,10-11,14,16-17H,4-9,12-13H2,1H3/b3-2+. The molecule has 0 bridgehead atoms. The predicted molar refractivity (Wildman–Crippen MR) is 95.4 cm³/mol. The highest BCUT2D eigenvalue weighted by Gasteiger charge is 2.33. The van der Waals surface area contributed by atoms with E-state index >= 15 is 0 Å². The van der Waals surface area contributed by atoms with E-state index < -0.39 is 11.9 Å². The molecule has 5 heteroatoms. The maximum absolute atomic E-state index is 14.0. The van der Waals surface area contributed by atoms with Crippen LogP contribution in [0.2, 0.25) is 0 Å². The van der Waals surface area contributed by atoms with Crippen molar-refractivity contribution in [3.05, 3.63) is 41.7 Å². The van der Waals surface area contributed by atoms with Crippen LogP contribution in [0.5, 0.6) is 5.75 Å². The predicted octanol–water partition coefficient (Wildman–Crippen LogP) is 6.61. The molecule has 0 N–H and O–H groups in total. The average molecular weight is 365 g/mol. The van der Waals surface area contributed by atoms with E-state index in [9.17, 15) is 13.2 Å². The first-order valence-electron chi connectivity index (χ1n) is 9.31. The largest absolute Gasteiger partial charge is 0.432 e. The van der Waals surface area contributed by atoms with Crippen molar-refractivity contribution in [2.24, 2.45) is 11.8 Å². The van der Waals surface area contributed by atoms with Crippen LogP contribution in [0.1, 0.15) is 63.9 Å². The van der Waals surface area contributed by atoms with E-state index in [4.69, 9.17) is 5.26 Å². The van der Waals surface area contributed by atoms with Gasteiger partial charge >= 0.3 is 6.11 Å². The molecule has 0 aromatic heterocycles. The van der Waals surface area contributed by atoms with Crippen LogP contribution < -0.4 is 4.74 Å². The van der Waals surface area contributed by atoms with Gasteiger partial charge in [0.25, 0.3) is 0 Å². The van der Waals surface area contributed by atoms with E-state index in [1.807, 2.05) is 6.92 Å². The third kappa shape index (κ3) is 6.40. The van der Waals surface area contributed by atoms with Crippen LogP contribution in [-0.4, -0.2) is 6.11 Å². The summed E-state index contributed by atoms with van der Waals surface area (Å²) in [5, 5.41) is 8.67. The van der Waals surface area contributed by atoms with Crippen LogP contribution >= 0.6 is 0 Å². The third-order valence-corrected chi connectivity index (χ3v) is 5.12. The Hall–Kier alpha value is -1.96. The molecular weight excluding hydrogens is 339 g/mol. The summed E-state index contributed by atoms with van der Waals surface area (Å²) < 4.78 is 46.3. The quantitative estimate of drug-likeness (QED) is 0.486. The topological polar surface area (TPSA) is 33.0 Å². The smallest absolute Gasteiger partial charge is 0.397 e. The zero-order valence-corrected chi connectivity index (χ0v) is 15.2. The molecule has 0 spiro atoms. The highest BCUT2D eigenvalue weighted by atomic mass is 19.3. The lowest BCUT2D eigenvalue weighted by atomic mass is 9.78. The molecule has 1 aliphatic rings. The van der Waals surface area contributed by atoms with E-state index in [2.05, 4.69) is 16.9 Å². The fourth-order valence-corrected chi connectivity index (χ4v) is 3.55. The number of benzene rings is 1. The summed E-state index contributed by atoms with van der Waals surface area (Å²) in [6.07, 6.45) is 7.41. The number of rotatable bonds is 8. The molecule has 0 amide bonds. The van der Waals surface area contributed by atoms with Crippen LogP contribution in [0, 0.1) is 29.0 Å². The number of nitrogens with zero attached hydrogens (tertiary/aromatic N) is 1. The number of halogens is 3. The molecule has 1 aromatic carbocycles. The number of alkyl halides is 2. The Balaban J connectivity index is 1.76. The zero-order valence-electron chi connectivity index (χ0n) is 15.2. The van der Waals surface area contributed by atoms with Gasteiger partial charge in [0.05, 0.1) is 12.0 Å². The van der Waals surface area contributed by atoms with Crippen molar-refractivity contribution >= 4 is 0 Å². The maximum atomic E-state index is 14.0. The summed E-state index contributed by atoms with van der Waals surface area (Å²) in [5.74, 6) is -0.0859. The minimum Gasteiger partial charge on any atom is -0.432 e. The SMILES string of the molecule is C/C=C/CCC1CCC(CCC(F)(F)Oc2ccc(C#N)c(F)c2)CC1. The zero-order chi connectivity index (χ0) is 19.0. The lowest BCUT2D eigenvalue weighted by molar-refractivity contribution is -0.183. The Morgan fingerprint density at radius 3 is 2.42 bits per heavy atom. The van der Waals surface area contributed by atoms with Crippen molar-refractivity contribution in [2.45, 2.75) is 64.4 Å². The first kappa shape index (κ1) is 20.4. The van der Waals surface area contributed by atoms with Gasteiger partial charge in [-0.1, -0.05) is 37.8 Å². The molecule has 2 rings (SSSR count). The molecular formula is C21H26F3NO. The Bertz CT molecular complexity index is 643. The van der Waals surface area contributed by atoms with Gasteiger partial charge in [0.1, 0.15) is 17.6 Å². The van der Waals surface area contributed by atoms with E-state index in [1.54, 1.807) is 6.07 Å². The van der Waals surface area contributed by atoms with Gasteiger partial charge in [-0.05, 0) is 50.2 Å². The maximum Gasteiger partial charge on any atom is 0.397 e. The van der Waals surface area contributed by atoms with Gasteiger partial charge in [-0.25, -0.2) is 4.39 Å². The van der Waals surface area contributed by atoms with Crippen LogP contribution in [0.15, 0.2) is 30.4 Å². The number of hydrogen-bond donors (Lipinski definition) is 0. The molecule has 0 radical (unpaired) electrons. The molecule has 0 heterocycles. The summed E-state index contributed by atoms with van der Waals surface area (Å²) in [7, 11) is 0. The molecule has 0 aliphatic heterocycles. The second-order valence-corrected chi connectivity index (χ2v) is 7.06. The average Bonchev–Trinajstić information content (AvgIpc) is 2.61. The number of ether oxygens (including phenoxy) is 1. The minimum atomic E-state index is -3.33.